The van der Waals surface area contributed by atoms with Crippen LogP contribution < -0.4 is 5.32 Å². The summed E-state index contributed by atoms with van der Waals surface area (Å²) in [6, 6.07) is 5.31. The molecule has 0 atom stereocenters. The quantitative estimate of drug-likeness (QED) is 0.669. The summed E-state index contributed by atoms with van der Waals surface area (Å²) in [5.41, 5.74) is 2.01. The Morgan fingerprint density at radius 1 is 1.42 bits per heavy atom. The van der Waals surface area contributed by atoms with Crippen LogP contribution >= 0.6 is 0 Å². The maximum Gasteiger partial charge on any atom is 0.126 e. The Balaban J connectivity index is 2.34. The summed E-state index contributed by atoms with van der Waals surface area (Å²) in [7, 11) is 0. The lowest BCUT2D eigenvalue weighted by Gasteiger charge is -2.27. The molecule has 1 aromatic rings. The summed E-state index contributed by atoms with van der Waals surface area (Å²) in [6.07, 6.45) is 0. The van der Waals surface area contributed by atoms with Gasteiger partial charge in [-0.15, -0.1) is 0 Å². The topological polar surface area (TPSA) is 12.0 Å². The Morgan fingerprint density at radius 2 is 2.17 bits per heavy atom. The van der Waals surface area contributed by atoms with E-state index in [9.17, 15) is 4.39 Å². The molecule has 1 fully saturated rings. The minimum absolute atomic E-state index is 0.0629. The van der Waals surface area contributed by atoms with Crippen LogP contribution in [0.25, 0.3) is 0 Å². The van der Waals surface area contributed by atoms with Crippen LogP contribution in [0.1, 0.15) is 17.0 Å². The van der Waals surface area contributed by atoms with E-state index >= 15 is 0 Å². The molecule has 0 aromatic heterocycles. The van der Waals surface area contributed by atoms with Crippen molar-refractivity contribution in [3.05, 3.63) is 35.1 Å². The molecule has 64 valence electrons. The van der Waals surface area contributed by atoms with Crippen LogP contribution in [0, 0.1) is 12.7 Å². The first-order chi connectivity index (χ1) is 5.77. The van der Waals surface area contributed by atoms with Gasteiger partial charge in [-0.25, -0.2) is 4.39 Å². The molecule has 1 saturated heterocycles. The van der Waals surface area contributed by atoms with Crippen LogP contribution in [0.4, 0.5) is 4.39 Å². The number of hydrogen-bond donors (Lipinski definition) is 1. The van der Waals surface area contributed by atoms with E-state index in [0.717, 1.165) is 24.2 Å². The van der Waals surface area contributed by atoms with Gasteiger partial charge in [0.2, 0.25) is 0 Å². The van der Waals surface area contributed by atoms with E-state index < -0.39 is 0 Å². The van der Waals surface area contributed by atoms with Crippen molar-refractivity contribution in [3.63, 3.8) is 0 Å². The molecule has 2 rings (SSSR count). The van der Waals surface area contributed by atoms with Gasteiger partial charge in [0, 0.05) is 19.0 Å². The first kappa shape index (κ1) is 7.74. The first-order valence-corrected chi connectivity index (χ1v) is 4.24. The lowest BCUT2D eigenvalue weighted by molar-refractivity contribution is 0.431. The SMILES string of the molecule is Cc1ccc(F)c(C2CNC2)c1. The molecule has 12 heavy (non-hydrogen) atoms. The lowest BCUT2D eigenvalue weighted by Crippen LogP contribution is -2.40. The van der Waals surface area contributed by atoms with E-state index in [0.29, 0.717) is 5.92 Å². The van der Waals surface area contributed by atoms with Crippen molar-refractivity contribution in [2.75, 3.05) is 13.1 Å². The van der Waals surface area contributed by atoms with Gasteiger partial charge >= 0.3 is 0 Å². The third-order valence-corrected chi connectivity index (χ3v) is 2.37. The van der Waals surface area contributed by atoms with Crippen molar-refractivity contribution >= 4 is 0 Å². The predicted molar refractivity (Wildman–Crippen MR) is 46.7 cm³/mol. The number of nitrogens with one attached hydrogen (secondary N) is 1. The molecule has 2 heteroatoms. The number of halogens is 1. The molecule has 1 N–H and O–H groups in total. The molecule has 0 radical (unpaired) electrons. The normalized spacial score (nSPS) is 17.5. The molecule has 1 nitrogen and oxygen atoms in total. The smallest absolute Gasteiger partial charge is 0.126 e. The fourth-order valence-corrected chi connectivity index (χ4v) is 1.48. The van der Waals surface area contributed by atoms with Crippen LogP contribution in [0.2, 0.25) is 0 Å². The van der Waals surface area contributed by atoms with Gasteiger partial charge in [0.05, 0.1) is 0 Å². The van der Waals surface area contributed by atoms with E-state index in [1.807, 2.05) is 19.1 Å². The largest absolute Gasteiger partial charge is 0.315 e. The molecule has 0 amide bonds. The minimum Gasteiger partial charge on any atom is -0.315 e. The molecule has 1 aliphatic heterocycles. The van der Waals surface area contributed by atoms with Crippen LogP contribution in [0.15, 0.2) is 18.2 Å². The number of aryl methyl sites for hydroxylation is 1. The van der Waals surface area contributed by atoms with Gasteiger partial charge in [-0.05, 0) is 18.6 Å². The second-order valence-corrected chi connectivity index (χ2v) is 3.38. The minimum atomic E-state index is -0.0629. The second kappa shape index (κ2) is 2.87. The summed E-state index contributed by atoms with van der Waals surface area (Å²) < 4.78 is 13.2. The average Bonchev–Trinajstić information content (AvgIpc) is 1.93. The summed E-state index contributed by atoms with van der Waals surface area (Å²) in [4.78, 5) is 0. The molecular formula is C10H12FN. The first-order valence-electron chi connectivity index (χ1n) is 4.24. The fourth-order valence-electron chi connectivity index (χ4n) is 1.48. The van der Waals surface area contributed by atoms with Gasteiger partial charge in [0.1, 0.15) is 5.82 Å². The van der Waals surface area contributed by atoms with E-state index in [-0.39, 0.29) is 5.82 Å². The zero-order valence-electron chi connectivity index (χ0n) is 7.10. The van der Waals surface area contributed by atoms with Gasteiger partial charge in [0.25, 0.3) is 0 Å². The Kier molecular flexibility index (Phi) is 1.85. The van der Waals surface area contributed by atoms with Crippen LogP contribution in [-0.2, 0) is 0 Å². The predicted octanol–water partition coefficient (Wildman–Crippen LogP) is 1.82. The third-order valence-electron chi connectivity index (χ3n) is 2.37. The van der Waals surface area contributed by atoms with Crippen LogP contribution in [0.5, 0.6) is 0 Å². The van der Waals surface area contributed by atoms with E-state index in [1.165, 1.54) is 0 Å². The molecule has 1 aromatic carbocycles. The average molecular weight is 165 g/mol. The maximum atomic E-state index is 13.2. The van der Waals surface area contributed by atoms with Crippen molar-refractivity contribution < 1.29 is 4.39 Å². The molecule has 0 saturated carbocycles. The monoisotopic (exact) mass is 165 g/mol. The summed E-state index contributed by atoms with van der Waals surface area (Å²) in [5, 5.41) is 3.14. The summed E-state index contributed by atoms with van der Waals surface area (Å²) >= 11 is 0. The zero-order valence-corrected chi connectivity index (χ0v) is 7.10. The fraction of sp³-hybridized carbons (Fsp3) is 0.400. The van der Waals surface area contributed by atoms with Crippen molar-refractivity contribution in [2.24, 2.45) is 0 Å². The Morgan fingerprint density at radius 3 is 2.75 bits per heavy atom. The van der Waals surface area contributed by atoms with Gasteiger partial charge in [-0.3, -0.25) is 0 Å². The van der Waals surface area contributed by atoms with Crippen LogP contribution in [0.3, 0.4) is 0 Å². The Labute approximate surface area is 71.6 Å². The molecule has 0 spiro atoms. The maximum absolute atomic E-state index is 13.2. The van der Waals surface area contributed by atoms with Crippen molar-refractivity contribution in [2.45, 2.75) is 12.8 Å². The van der Waals surface area contributed by atoms with E-state index in [1.54, 1.807) is 6.07 Å². The summed E-state index contributed by atoms with van der Waals surface area (Å²) in [5.74, 6) is 0.331. The number of rotatable bonds is 1. The standard InChI is InChI=1S/C10H12FN/c1-7-2-3-10(11)9(4-7)8-5-12-6-8/h2-4,8,12H,5-6H2,1H3. The summed E-state index contributed by atoms with van der Waals surface area (Å²) in [6.45, 7) is 3.83. The Bertz CT molecular complexity index is 292. The van der Waals surface area contributed by atoms with Crippen molar-refractivity contribution in [3.8, 4) is 0 Å². The molecule has 1 aliphatic rings. The van der Waals surface area contributed by atoms with Crippen molar-refractivity contribution in [1.82, 2.24) is 5.32 Å². The molecular weight excluding hydrogens is 153 g/mol. The molecule has 0 unspecified atom stereocenters. The van der Waals surface area contributed by atoms with Crippen LogP contribution in [-0.4, -0.2) is 13.1 Å². The zero-order chi connectivity index (χ0) is 8.55. The van der Waals surface area contributed by atoms with E-state index in [4.69, 9.17) is 0 Å². The highest BCUT2D eigenvalue weighted by atomic mass is 19.1. The third kappa shape index (κ3) is 1.23. The second-order valence-electron chi connectivity index (χ2n) is 3.38. The van der Waals surface area contributed by atoms with E-state index in [2.05, 4.69) is 5.32 Å². The van der Waals surface area contributed by atoms with Gasteiger partial charge < -0.3 is 5.32 Å². The van der Waals surface area contributed by atoms with Gasteiger partial charge in [-0.1, -0.05) is 17.7 Å². The van der Waals surface area contributed by atoms with Crippen molar-refractivity contribution in [1.29, 1.82) is 0 Å². The lowest BCUT2D eigenvalue weighted by atomic mass is 9.92. The highest BCUT2D eigenvalue weighted by Gasteiger charge is 2.21. The van der Waals surface area contributed by atoms with Gasteiger partial charge in [0.15, 0.2) is 0 Å². The molecule has 0 aliphatic carbocycles. The van der Waals surface area contributed by atoms with Gasteiger partial charge in [-0.2, -0.15) is 0 Å². The number of hydrogen-bond acceptors (Lipinski definition) is 1. The highest BCUT2D eigenvalue weighted by Crippen LogP contribution is 2.23. The molecule has 0 bridgehead atoms. The highest BCUT2D eigenvalue weighted by molar-refractivity contribution is 5.29. The molecule has 1 heterocycles. The number of benzene rings is 1. The Hall–Kier alpha value is -0.890.